The SMILES string of the molecule is CSc1cc2cccc3ccc1n32. The van der Waals surface area contributed by atoms with Gasteiger partial charge >= 0.3 is 0 Å². The van der Waals surface area contributed by atoms with Crippen LogP contribution in [0.15, 0.2) is 41.3 Å². The van der Waals surface area contributed by atoms with Gasteiger partial charge in [0.15, 0.2) is 0 Å². The molecule has 0 N–H and O–H groups in total. The van der Waals surface area contributed by atoms with Crippen molar-refractivity contribution in [3.63, 3.8) is 0 Å². The smallest absolute Gasteiger partial charge is 0.0598 e. The molecule has 2 heteroatoms. The summed E-state index contributed by atoms with van der Waals surface area (Å²) < 4.78 is 2.30. The second kappa shape index (κ2) is 2.42. The highest BCUT2D eigenvalue weighted by Crippen LogP contribution is 2.29. The summed E-state index contributed by atoms with van der Waals surface area (Å²) in [4.78, 5) is 1.36. The van der Waals surface area contributed by atoms with Crippen LogP contribution >= 0.6 is 11.8 Å². The standard InChI is InChI=1S/C11H9NS/c1-13-11-7-9-4-2-3-8-5-6-10(11)12(8)9/h2-7H,1H3. The zero-order chi connectivity index (χ0) is 8.84. The Hall–Kier alpha value is -1.15. The van der Waals surface area contributed by atoms with E-state index in [1.54, 1.807) is 11.8 Å². The predicted molar refractivity (Wildman–Crippen MR) is 57.9 cm³/mol. The molecule has 0 fully saturated rings. The van der Waals surface area contributed by atoms with Crippen molar-refractivity contribution in [1.29, 1.82) is 0 Å². The molecule has 0 saturated carbocycles. The second-order valence-corrected chi connectivity index (χ2v) is 3.99. The van der Waals surface area contributed by atoms with Crippen LogP contribution in [0.5, 0.6) is 0 Å². The van der Waals surface area contributed by atoms with Crippen molar-refractivity contribution in [3.05, 3.63) is 36.4 Å². The maximum absolute atomic E-state index is 2.30. The van der Waals surface area contributed by atoms with Crippen LogP contribution < -0.4 is 0 Å². The van der Waals surface area contributed by atoms with Crippen LogP contribution in [0.2, 0.25) is 0 Å². The summed E-state index contributed by atoms with van der Waals surface area (Å²) in [6, 6.07) is 13.0. The van der Waals surface area contributed by atoms with Crippen LogP contribution in [-0.2, 0) is 0 Å². The molecule has 0 aliphatic heterocycles. The maximum atomic E-state index is 2.30. The summed E-state index contributed by atoms with van der Waals surface area (Å²) in [6.07, 6.45) is 2.12. The molecule has 0 saturated heterocycles. The van der Waals surface area contributed by atoms with Gasteiger partial charge in [-0.15, -0.1) is 11.8 Å². The molecule has 0 radical (unpaired) electrons. The van der Waals surface area contributed by atoms with Gasteiger partial charge in [0, 0.05) is 15.9 Å². The van der Waals surface area contributed by atoms with Gasteiger partial charge in [-0.1, -0.05) is 6.07 Å². The van der Waals surface area contributed by atoms with Crippen molar-refractivity contribution < 1.29 is 0 Å². The van der Waals surface area contributed by atoms with E-state index >= 15 is 0 Å². The first-order valence-corrected chi connectivity index (χ1v) is 5.49. The van der Waals surface area contributed by atoms with E-state index in [-0.39, 0.29) is 0 Å². The van der Waals surface area contributed by atoms with Crippen molar-refractivity contribution in [2.24, 2.45) is 0 Å². The van der Waals surface area contributed by atoms with Crippen LogP contribution in [0.3, 0.4) is 0 Å². The first-order valence-electron chi connectivity index (χ1n) is 4.27. The Labute approximate surface area is 80.7 Å². The van der Waals surface area contributed by atoms with E-state index in [0.717, 1.165) is 0 Å². The molecule has 64 valence electrons. The third-order valence-corrected chi connectivity index (χ3v) is 3.22. The average molecular weight is 187 g/mol. The topological polar surface area (TPSA) is 4.41 Å². The summed E-state index contributed by atoms with van der Waals surface area (Å²) >= 11 is 1.81. The van der Waals surface area contributed by atoms with Gasteiger partial charge in [-0.25, -0.2) is 0 Å². The molecule has 3 aromatic heterocycles. The number of rotatable bonds is 1. The van der Waals surface area contributed by atoms with Gasteiger partial charge in [0.25, 0.3) is 0 Å². The lowest BCUT2D eigenvalue weighted by atomic mass is 10.3. The summed E-state index contributed by atoms with van der Waals surface area (Å²) in [7, 11) is 0. The molecular formula is C11H9NS. The fraction of sp³-hybridized carbons (Fsp3) is 0.0909. The Balaban J connectivity index is 2.61. The Morgan fingerprint density at radius 1 is 1.08 bits per heavy atom. The average Bonchev–Trinajstić information content (AvgIpc) is 2.73. The third-order valence-electron chi connectivity index (χ3n) is 2.45. The van der Waals surface area contributed by atoms with Gasteiger partial charge in [-0.2, -0.15) is 0 Å². The normalized spacial score (nSPS) is 11.8. The van der Waals surface area contributed by atoms with E-state index in [0.29, 0.717) is 0 Å². The van der Waals surface area contributed by atoms with Gasteiger partial charge in [0.2, 0.25) is 0 Å². The highest BCUT2D eigenvalue weighted by molar-refractivity contribution is 7.98. The molecule has 0 unspecified atom stereocenters. The van der Waals surface area contributed by atoms with Crippen LogP contribution in [0.25, 0.3) is 16.6 Å². The minimum atomic E-state index is 1.28. The number of thioether (sulfide) groups is 1. The number of aromatic nitrogens is 1. The van der Waals surface area contributed by atoms with Crippen LogP contribution in [0.1, 0.15) is 0 Å². The van der Waals surface area contributed by atoms with E-state index in [1.807, 2.05) is 0 Å². The molecule has 3 aromatic rings. The molecule has 13 heavy (non-hydrogen) atoms. The largest absolute Gasteiger partial charge is 0.309 e. The summed E-state index contributed by atoms with van der Waals surface area (Å²) in [5, 5.41) is 0. The maximum Gasteiger partial charge on any atom is 0.0598 e. The monoisotopic (exact) mass is 187 g/mol. The zero-order valence-electron chi connectivity index (χ0n) is 7.32. The molecule has 3 heterocycles. The summed E-state index contributed by atoms with van der Waals surface area (Å²) in [6.45, 7) is 0. The van der Waals surface area contributed by atoms with E-state index < -0.39 is 0 Å². The predicted octanol–water partition coefficient (Wildman–Crippen LogP) is 3.25. The molecule has 0 atom stereocenters. The molecule has 0 aliphatic rings. The zero-order valence-corrected chi connectivity index (χ0v) is 8.14. The van der Waals surface area contributed by atoms with Crippen molar-refractivity contribution >= 4 is 28.3 Å². The number of pyridine rings is 1. The third kappa shape index (κ3) is 0.838. The van der Waals surface area contributed by atoms with Gasteiger partial charge in [-0.3, -0.25) is 0 Å². The molecule has 0 spiro atoms. The quantitative estimate of drug-likeness (QED) is 0.529. The highest BCUT2D eigenvalue weighted by atomic mass is 32.2. The fourth-order valence-electron chi connectivity index (χ4n) is 1.87. The fourth-order valence-corrected chi connectivity index (χ4v) is 2.47. The van der Waals surface area contributed by atoms with E-state index in [4.69, 9.17) is 0 Å². The molecular weight excluding hydrogens is 178 g/mol. The lowest BCUT2D eigenvalue weighted by Crippen LogP contribution is -1.78. The van der Waals surface area contributed by atoms with Crippen LogP contribution in [0.4, 0.5) is 0 Å². The first-order chi connectivity index (χ1) is 6.40. The van der Waals surface area contributed by atoms with E-state index in [9.17, 15) is 0 Å². The highest BCUT2D eigenvalue weighted by Gasteiger charge is 2.07. The van der Waals surface area contributed by atoms with E-state index in [1.165, 1.54) is 21.4 Å². The molecule has 0 aliphatic carbocycles. The summed E-state index contributed by atoms with van der Waals surface area (Å²) in [5.41, 5.74) is 3.91. The van der Waals surface area contributed by atoms with Crippen LogP contribution in [0, 0.1) is 0 Å². The van der Waals surface area contributed by atoms with Gasteiger partial charge in [-0.05, 0) is 36.6 Å². The molecule has 0 aromatic carbocycles. The van der Waals surface area contributed by atoms with Gasteiger partial charge in [0.05, 0.1) is 5.52 Å². The van der Waals surface area contributed by atoms with Crippen molar-refractivity contribution in [3.8, 4) is 0 Å². The molecule has 3 rings (SSSR count). The Morgan fingerprint density at radius 2 is 1.92 bits per heavy atom. The lowest BCUT2D eigenvalue weighted by Gasteiger charge is -1.93. The minimum absolute atomic E-state index is 1.28. The number of hydrogen-bond acceptors (Lipinski definition) is 1. The van der Waals surface area contributed by atoms with Crippen LogP contribution in [-0.4, -0.2) is 10.7 Å². The van der Waals surface area contributed by atoms with Gasteiger partial charge < -0.3 is 4.40 Å². The van der Waals surface area contributed by atoms with Crippen molar-refractivity contribution in [1.82, 2.24) is 4.40 Å². The minimum Gasteiger partial charge on any atom is -0.309 e. The molecule has 1 nitrogen and oxygen atoms in total. The Morgan fingerprint density at radius 3 is 2.77 bits per heavy atom. The molecule has 0 amide bonds. The second-order valence-electron chi connectivity index (χ2n) is 3.14. The molecule has 0 bridgehead atoms. The van der Waals surface area contributed by atoms with Gasteiger partial charge in [0.1, 0.15) is 0 Å². The van der Waals surface area contributed by atoms with Crippen molar-refractivity contribution in [2.75, 3.05) is 6.26 Å². The lowest BCUT2D eigenvalue weighted by molar-refractivity contribution is 1.34. The van der Waals surface area contributed by atoms with E-state index in [2.05, 4.69) is 47.1 Å². The Kier molecular flexibility index (Phi) is 1.35. The first kappa shape index (κ1) is 7.27. The van der Waals surface area contributed by atoms with Crippen molar-refractivity contribution in [2.45, 2.75) is 4.90 Å². The summed E-state index contributed by atoms with van der Waals surface area (Å²) in [5.74, 6) is 0. The Bertz CT molecular complexity index is 553. The number of nitrogens with zero attached hydrogens (tertiary/aromatic N) is 1. The number of hydrogen-bond donors (Lipinski definition) is 0.